The second-order valence-corrected chi connectivity index (χ2v) is 5.52. The van der Waals surface area contributed by atoms with Crippen molar-refractivity contribution in [3.63, 3.8) is 0 Å². The molecule has 1 amide bonds. The number of aromatic nitrogens is 2. The summed E-state index contributed by atoms with van der Waals surface area (Å²) in [4.78, 5) is 18.8. The van der Waals surface area contributed by atoms with Crippen molar-refractivity contribution in [2.45, 2.75) is 45.6 Å². The van der Waals surface area contributed by atoms with E-state index in [-0.39, 0.29) is 11.9 Å². The molecule has 0 radical (unpaired) electrons. The van der Waals surface area contributed by atoms with Gasteiger partial charge in [0.25, 0.3) is 5.91 Å². The van der Waals surface area contributed by atoms with Crippen molar-refractivity contribution < 1.29 is 13.7 Å². The number of hydrogen-bond donors (Lipinski definition) is 0. The first-order chi connectivity index (χ1) is 10.2. The van der Waals surface area contributed by atoms with Crippen molar-refractivity contribution in [3.8, 4) is 0 Å². The van der Waals surface area contributed by atoms with Crippen LogP contribution in [-0.2, 0) is 0 Å². The summed E-state index contributed by atoms with van der Waals surface area (Å²) in [5.41, 5.74) is 0.869. The van der Waals surface area contributed by atoms with Crippen LogP contribution in [0.1, 0.15) is 59.4 Å². The molecule has 3 heterocycles. The van der Waals surface area contributed by atoms with E-state index in [0.717, 1.165) is 37.0 Å². The normalized spacial score (nSPS) is 19.5. The lowest BCUT2D eigenvalue weighted by Gasteiger charge is -2.27. The van der Waals surface area contributed by atoms with Gasteiger partial charge in [0.2, 0.25) is 6.39 Å². The smallest absolute Gasteiger partial charge is 0.290 e. The molecule has 0 N–H and O–H groups in total. The third-order valence-corrected chi connectivity index (χ3v) is 3.93. The van der Waals surface area contributed by atoms with Crippen LogP contribution in [0.15, 0.2) is 21.4 Å². The van der Waals surface area contributed by atoms with Crippen molar-refractivity contribution in [3.05, 3.63) is 35.4 Å². The Bertz CT molecular complexity index is 618. The molecule has 1 fully saturated rings. The van der Waals surface area contributed by atoms with E-state index < -0.39 is 0 Å². The number of rotatable bonds is 2. The van der Waals surface area contributed by atoms with Crippen molar-refractivity contribution in [2.24, 2.45) is 0 Å². The molecule has 6 nitrogen and oxygen atoms in total. The Balaban J connectivity index is 1.92. The fraction of sp³-hybridized carbons (Fsp3) is 0.533. The lowest BCUT2D eigenvalue weighted by molar-refractivity contribution is 0.0635. The lowest BCUT2D eigenvalue weighted by atomic mass is 10.1. The molecule has 1 aliphatic rings. The van der Waals surface area contributed by atoms with Gasteiger partial charge in [-0.2, -0.15) is 4.98 Å². The molecule has 0 saturated carbocycles. The van der Waals surface area contributed by atoms with Gasteiger partial charge >= 0.3 is 0 Å². The highest BCUT2D eigenvalue weighted by Crippen LogP contribution is 2.30. The van der Waals surface area contributed by atoms with Crippen LogP contribution in [0.2, 0.25) is 0 Å². The molecular formula is C15H19N3O3. The van der Waals surface area contributed by atoms with Crippen molar-refractivity contribution >= 4 is 5.91 Å². The van der Waals surface area contributed by atoms with Gasteiger partial charge in [0.05, 0.1) is 6.04 Å². The average molecular weight is 289 g/mol. The van der Waals surface area contributed by atoms with Gasteiger partial charge in [-0.15, -0.1) is 0 Å². The van der Waals surface area contributed by atoms with E-state index in [0.29, 0.717) is 18.1 Å². The average Bonchev–Trinajstić information content (AvgIpc) is 3.02. The maximum atomic E-state index is 12.8. The number of nitrogens with zero attached hydrogens (tertiary/aromatic N) is 3. The van der Waals surface area contributed by atoms with Gasteiger partial charge in [0.15, 0.2) is 11.6 Å². The van der Waals surface area contributed by atoms with Gasteiger partial charge in [-0.25, -0.2) is 0 Å². The van der Waals surface area contributed by atoms with Crippen LogP contribution in [0.5, 0.6) is 0 Å². The molecule has 0 bridgehead atoms. The lowest BCUT2D eigenvalue weighted by Crippen LogP contribution is -2.35. The fourth-order valence-corrected chi connectivity index (χ4v) is 2.93. The first-order valence-electron chi connectivity index (χ1n) is 7.31. The van der Waals surface area contributed by atoms with E-state index in [1.807, 2.05) is 24.8 Å². The second-order valence-electron chi connectivity index (χ2n) is 5.52. The van der Waals surface area contributed by atoms with Crippen LogP contribution >= 0.6 is 0 Å². The molecular weight excluding hydrogens is 270 g/mol. The summed E-state index contributed by atoms with van der Waals surface area (Å²) in [7, 11) is 0. The highest BCUT2D eigenvalue weighted by atomic mass is 16.5. The monoisotopic (exact) mass is 289 g/mol. The van der Waals surface area contributed by atoms with Gasteiger partial charge in [-0.1, -0.05) is 18.0 Å². The predicted octanol–water partition coefficient (Wildman–Crippen LogP) is 3.04. The number of likely N-dealkylation sites (tertiary alicyclic amines) is 1. The zero-order chi connectivity index (χ0) is 14.8. The molecule has 1 saturated heterocycles. The molecule has 1 unspecified atom stereocenters. The number of carbonyl (C=O) groups is 1. The molecule has 0 spiro atoms. The minimum atomic E-state index is -0.136. The van der Waals surface area contributed by atoms with Gasteiger partial charge in [0, 0.05) is 12.1 Å². The maximum absolute atomic E-state index is 12.8. The first-order valence-corrected chi connectivity index (χ1v) is 7.31. The van der Waals surface area contributed by atoms with Crippen LogP contribution in [0.25, 0.3) is 0 Å². The molecule has 2 aromatic heterocycles. The molecule has 2 aromatic rings. The van der Waals surface area contributed by atoms with E-state index in [2.05, 4.69) is 10.1 Å². The molecule has 0 aliphatic carbocycles. The molecule has 6 heteroatoms. The second kappa shape index (κ2) is 5.71. The highest BCUT2D eigenvalue weighted by Gasteiger charge is 2.32. The summed E-state index contributed by atoms with van der Waals surface area (Å²) in [6.07, 6.45) is 5.31. The summed E-state index contributed by atoms with van der Waals surface area (Å²) >= 11 is 0. The Morgan fingerprint density at radius 3 is 2.86 bits per heavy atom. The maximum Gasteiger partial charge on any atom is 0.290 e. The zero-order valence-corrected chi connectivity index (χ0v) is 12.3. The molecule has 21 heavy (non-hydrogen) atoms. The summed E-state index contributed by atoms with van der Waals surface area (Å²) in [6.45, 7) is 4.44. The number of carbonyl (C=O) groups excluding carboxylic acids is 1. The Kier molecular flexibility index (Phi) is 3.77. The number of aryl methyl sites for hydroxylation is 2. The summed E-state index contributed by atoms with van der Waals surface area (Å²) < 4.78 is 10.4. The third kappa shape index (κ3) is 2.70. The Labute approximate surface area is 123 Å². The van der Waals surface area contributed by atoms with Crippen LogP contribution < -0.4 is 0 Å². The quantitative estimate of drug-likeness (QED) is 0.849. The molecule has 1 aliphatic heterocycles. The van der Waals surface area contributed by atoms with Crippen molar-refractivity contribution in [1.29, 1.82) is 0 Å². The van der Waals surface area contributed by atoms with Gasteiger partial charge in [0.1, 0.15) is 5.76 Å². The standard InChI is InChI=1S/C15H19N3O3/c1-10-8-11(2)21-13(10)15(19)18-7-5-3-4-6-12(18)14-16-9-20-17-14/h8-9,12H,3-7H2,1-2H3. The number of hydrogen-bond acceptors (Lipinski definition) is 5. The van der Waals surface area contributed by atoms with Crippen molar-refractivity contribution in [1.82, 2.24) is 15.0 Å². The van der Waals surface area contributed by atoms with Crippen LogP contribution in [-0.4, -0.2) is 27.5 Å². The highest BCUT2D eigenvalue weighted by molar-refractivity contribution is 5.93. The van der Waals surface area contributed by atoms with Gasteiger partial charge < -0.3 is 13.8 Å². The number of furan rings is 1. The van der Waals surface area contributed by atoms with Crippen LogP contribution in [0.3, 0.4) is 0 Å². The van der Waals surface area contributed by atoms with E-state index in [9.17, 15) is 4.79 Å². The van der Waals surface area contributed by atoms with Crippen LogP contribution in [0.4, 0.5) is 0 Å². The van der Waals surface area contributed by atoms with Crippen molar-refractivity contribution in [2.75, 3.05) is 6.54 Å². The zero-order valence-electron chi connectivity index (χ0n) is 12.3. The molecule has 1 atom stereocenters. The summed E-state index contributed by atoms with van der Waals surface area (Å²) in [5, 5.41) is 3.92. The van der Waals surface area contributed by atoms with Crippen LogP contribution in [0, 0.1) is 13.8 Å². The molecule has 0 aromatic carbocycles. The Morgan fingerprint density at radius 1 is 1.33 bits per heavy atom. The van der Waals surface area contributed by atoms with E-state index >= 15 is 0 Å². The largest absolute Gasteiger partial charge is 0.456 e. The Hall–Kier alpha value is -2.11. The fourth-order valence-electron chi connectivity index (χ4n) is 2.93. The molecule has 112 valence electrons. The van der Waals surface area contributed by atoms with Gasteiger partial charge in [-0.3, -0.25) is 4.79 Å². The Morgan fingerprint density at radius 2 is 2.19 bits per heavy atom. The molecule has 3 rings (SSSR count). The minimum absolute atomic E-state index is 0.0858. The topological polar surface area (TPSA) is 72.4 Å². The van der Waals surface area contributed by atoms with E-state index in [1.54, 1.807) is 0 Å². The third-order valence-electron chi connectivity index (χ3n) is 3.93. The van der Waals surface area contributed by atoms with Gasteiger partial charge in [-0.05, 0) is 32.8 Å². The van der Waals surface area contributed by atoms with E-state index in [1.165, 1.54) is 6.39 Å². The number of amides is 1. The predicted molar refractivity (Wildman–Crippen MR) is 74.7 cm³/mol. The summed E-state index contributed by atoms with van der Waals surface area (Å²) in [5.74, 6) is 1.66. The SMILES string of the molecule is Cc1cc(C)c(C(=O)N2CCCCCC2c2ncon2)o1. The first kappa shape index (κ1) is 13.9. The summed E-state index contributed by atoms with van der Waals surface area (Å²) in [6, 6.07) is 1.75. The van der Waals surface area contributed by atoms with E-state index in [4.69, 9.17) is 8.94 Å². The minimum Gasteiger partial charge on any atom is -0.456 e.